The molecule has 5 heteroatoms. The Morgan fingerprint density at radius 2 is 1.34 bits per heavy atom. The molecule has 4 rings (SSSR count). The lowest BCUT2D eigenvalue weighted by molar-refractivity contribution is 0.290. The molecular formula is C30H28Cl2N2O. The van der Waals surface area contributed by atoms with Crippen LogP contribution >= 0.6 is 24.0 Å². The van der Waals surface area contributed by atoms with Gasteiger partial charge in [-0.1, -0.05) is 96.2 Å². The molecule has 0 unspecified atom stereocenters. The van der Waals surface area contributed by atoms with E-state index in [4.69, 9.17) is 11.6 Å². The summed E-state index contributed by atoms with van der Waals surface area (Å²) in [7, 11) is 0. The summed E-state index contributed by atoms with van der Waals surface area (Å²) in [5.41, 5.74) is 6.23. The number of aromatic amines is 1. The van der Waals surface area contributed by atoms with Crippen molar-refractivity contribution in [2.24, 2.45) is 0 Å². The SMILES string of the molecule is Cc1[nH]c(C)c(-c2ccc(C#CCN(Cc3ccccc3)Cc3ccccc3)cc2)c(=O)c1Cl.Cl. The van der Waals surface area contributed by atoms with Crippen molar-refractivity contribution in [1.29, 1.82) is 0 Å². The van der Waals surface area contributed by atoms with Gasteiger partial charge in [0.2, 0.25) is 5.43 Å². The quantitative estimate of drug-likeness (QED) is 0.294. The summed E-state index contributed by atoms with van der Waals surface area (Å²) in [5, 5.41) is 0.237. The molecule has 0 aliphatic rings. The molecular weight excluding hydrogens is 475 g/mol. The van der Waals surface area contributed by atoms with Gasteiger partial charge in [-0.15, -0.1) is 12.4 Å². The molecule has 0 aliphatic heterocycles. The summed E-state index contributed by atoms with van der Waals surface area (Å²) in [6.07, 6.45) is 0. The smallest absolute Gasteiger partial charge is 0.208 e. The summed E-state index contributed by atoms with van der Waals surface area (Å²) >= 11 is 6.18. The fraction of sp³-hybridized carbons (Fsp3) is 0.167. The van der Waals surface area contributed by atoms with Crippen molar-refractivity contribution in [3.8, 4) is 23.0 Å². The van der Waals surface area contributed by atoms with Gasteiger partial charge in [0.05, 0.1) is 6.54 Å². The summed E-state index contributed by atoms with van der Waals surface area (Å²) in [5.74, 6) is 6.60. The van der Waals surface area contributed by atoms with Crippen molar-refractivity contribution < 1.29 is 0 Å². The highest BCUT2D eigenvalue weighted by Crippen LogP contribution is 2.22. The first kappa shape index (κ1) is 26.3. The number of halogens is 2. The van der Waals surface area contributed by atoms with Crippen molar-refractivity contribution >= 4 is 24.0 Å². The van der Waals surface area contributed by atoms with Gasteiger partial charge in [0, 0.05) is 35.6 Å². The molecule has 0 saturated heterocycles. The molecule has 3 nitrogen and oxygen atoms in total. The van der Waals surface area contributed by atoms with Gasteiger partial charge in [-0.2, -0.15) is 0 Å². The van der Waals surface area contributed by atoms with Gasteiger partial charge >= 0.3 is 0 Å². The molecule has 1 heterocycles. The van der Waals surface area contributed by atoms with Crippen LogP contribution < -0.4 is 5.43 Å². The second-order valence-corrected chi connectivity index (χ2v) is 8.77. The zero-order chi connectivity index (χ0) is 23.9. The predicted octanol–water partition coefficient (Wildman–Crippen LogP) is 6.79. The second-order valence-electron chi connectivity index (χ2n) is 8.39. The Morgan fingerprint density at radius 1 is 0.800 bits per heavy atom. The van der Waals surface area contributed by atoms with Crippen LogP contribution in [-0.2, 0) is 13.1 Å². The van der Waals surface area contributed by atoms with E-state index in [0.29, 0.717) is 17.8 Å². The molecule has 178 valence electrons. The predicted molar refractivity (Wildman–Crippen MR) is 148 cm³/mol. The van der Waals surface area contributed by atoms with Crippen LogP contribution in [0.2, 0.25) is 5.02 Å². The number of aryl methyl sites for hydroxylation is 2. The van der Waals surface area contributed by atoms with Crippen molar-refractivity contribution in [2.75, 3.05) is 6.54 Å². The number of pyridine rings is 1. The molecule has 0 saturated carbocycles. The number of rotatable bonds is 6. The molecule has 1 N–H and O–H groups in total. The van der Waals surface area contributed by atoms with Crippen LogP contribution in [-0.4, -0.2) is 16.4 Å². The van der Waals surface area contributed by atoms with E-state index in [9.17, 15) is 4.79 Å². The fourth-order valence-electron chi connectivity index (χ4n) is 4.02. The molecule has 3 aromatic carbocycles. The van der Waals surface area contributed by atoms with E-state index in [0.717, 1.165) is 29.9 Å². The van der Waals surface area contributed by atoms with Crippen LogP contribution in [0, 0.1) is 25.7 Å². The van der Waals surface area contributed by atoms with E-state index in [1.807, 2.05) is 43.3 Å². The zero-order valence-corrected chi connectivity index (χ0v) is 21.4. The van der Waals surface area contributed by atoms with E-state index in [-0.39, 0.29) is 22.9 Å². The maximum absolute atomic E-state index is 12.7. The summed E-state index contributed by atoms with van der Waals surface area (Å²) in [4.78, 5) is 18.2. The van der Waals surface area contributed by atoms with E-state index in [1.165, 1.54) is 11.1 Å². The molecule has 0 radical (unpaired) electrons. The van der Waals surface area contributed by atoms with Crippen LogP contribution in [0.3, 0.4) is 0 Å². The highest BCUT2D eigenvalue weighted by Gasteiger charge is 2.12. The summed E-state index contributed by atoms with van der Waals surface area (Å²) < 4.78 is 0. The van der Waals surface area contributed by atoms with Gasteiger partial charge in [-0.3, -0.25) is 9.69 Å². The maximum atomic E-state index is 12.7. The molecule has 35 heavy (non-hydrogen) atoms. The lowest BCUT2D eigenvalue weighted by Gasteiger charge is -2.20. The Bertz CT molecular complexity index is 1330. The lowest BCUT2D eigenvalue weighted by Crippen LogP contribution is -2.23. The van der Waals surface area contributed by atoms with E-state index in [1.54, 1.807) is 6.92 Å². The van der Waals surface area contributed by atoms with Crippen LogP contribution in [0.4, 0.5) is 0 Å². The van der Waals surface area contributed by atoms with Gasteiger partial charge in [-0.25, -0.2) is 0 Å². The maximum Gasteiger partial charge on any atom is 0.208 e. The Hall–Kier alpha value is -3.29. The van der Waals surface area contributed by atoms with Crippen molar-refractivity contribution in [3.05, 3.63) is 128 Å². The number of nitrogens with zero attached hydrogens (tertiary/aromatic N) is 1. The van der Waals surface area contributed by atoms with Crippen molar-refractivity contribution in [1.82, 2.24) is 9.88 Å². The van der Waals surface area contributed by atoms with Crippen LogP contribution in [0.1, 0.15) is 28.1 Å². The molecule has 1 aromatic heterocycles. The third kappa shape index (κ3) is 6.87. The third-order valence-corrected chi connectivity index (χ3v) is 6.17. The number of nitrogens with one attached hydrogen (secondary N) is 1. The van der Waals surface area contributed by atoms with Gasteiger partial charge in [0.15, 0.2) is 0 Å². The Kier molecular flexibility index (Phi) is 9.34. The standard InChI is InChI=1S/C30H27ClN2O.ClH/c1-22-28(30(34)29(31)23(2)32-22)27-17-15-24(16-18-27)14-9-19-33(20-25-10-5-3-6-11-25)21-26-12-7-4-8-13-26;/h3-8,10-13,15-18H,19-21H2,1-2H3,(H,32,34);1H. The monoisotopic (exact) mass is 502 g/mol. The highest BCUT2D eigenvalue weighted by atomic mass is 35.5. The fourth-order valence-corrected chi connectivity index (χ4v) is 4.16. The van der Waals surface area contributed by atoms with Crippen LogP contribution in [0.5, 0.6) is 0 Å². The first-order chi connectivity index (χ1) is 16.5. The Labute approximate surface area is 218 Å². The minimum absolute atomic E-state index is 0. The largest absolute Gasteiger partial charge is 0.361 e. The average Bonchev–Trinajstić information content (AvgIpc) is 2.85. The summed E-state index contributed by atoms with van der Waals surface area (Å²) in [6.45, 7) is 6.01. The average molecular weight is 503 g/mol. The topological polar surface area (TPSA) is 36.1 Å². The van der Waals surface area contributed by atoms with Gasteiger partial charge in [-0.05, 0) is 42.7 Å². The number of hydrogen-bond acceptors (Lipinski definition) is 2. The van der Waals surface area contributed by atoms with E-state index >= 15 is 0 Å². The van der Waals surface area contributed by atoms with Gasteiger partial charge in [0.25, 0.3) is 0 Å². The second kappa shape index (κ2) is 12.4. The van der Waals surface area contributed by atoms with Gasteiger partial charge in [0.1, 0.15) is 5.02 Å². The molecule has 0 spiro atoms. The van der Waals surface area contributed by atoms with Crippen molar-refractivity contribution in [2.45, 2.75) is 26.9 Å². The summed E-state index contributed by atoms with van der Waals surface area (Å²) in [6, 6.07) is 28.7. The molecule has 4 aromatic rings. The Balaban J connectivity index is 0.00000342. The molecule has 0 amide bonds. The first-order valence-corrected chi connectivity index (χ1v) is 11.7. The van der Waals surface area contributed by atoms with Crippen LogP contribution in [0.15, 0.2) is 89.7 Å². The molecule has 0 atom stereocenters. The normalized spacial score (nSPS) is 10.4. The minimum Gasteiger partial charge on any atom is -0.361 e. The number of hydrogen-bond donors (Lipinski definition) is 1. The van der Waals surface area contributed by atoms with Crippen LogP contribution in [0.25, 0.3) is 11.1 Å². The van der Waals surface area contributed by atoms with Crippen molar-refractivity contribution in [3.63, 3.8) is 0 Å². The molecule has 0 fully saturated rings. The minimum atomic E-state index is -0.147. The molecule has 0 aliphatic carbocycles. The third-order valence-electron chi connectivity index (χ3n) is 5.71. The first-order valence-electron chi connectivity index (χ1n) is 11.3. The van der Waals surface area contributed by atoms with E-state index < -0.39 is 0 Å². The number of H-pyrrole nitrogens is 1. The van der Waals surface area contributed by atoms with Gasteiger partial charge < -0.3 is 4.98 Å². The highest BCUT2D eigenvalue weighted by molar-refractivity contribution is 6.31. The van der Waals surface area contributed by atoms with E-state index in [2.05, 4.69) is 70.3 Å². The molecule has 0 bridgehead atoms. The Morgan fingerprint density at radius 3 is 1.89 bits per heavy atom. The lowest BCUT2D eigenvalue weighted by atomic mass is 10.0. The number of benzene rings is 3. The number of aromatic nitrogens is 1. The zero-order valence-electron chi connectivity index (χ0n) is 19.8.